The van der Waals surface area contributed by atoms with E-state index in [9.17, 15) is 18.0 Å². The van der Waals surface area contributed by atoms with Crippen molar-refractivity contribution < 1.29 is 18.0 Å². The minimum atomic E-state index is -3.93. The Morgan fingerprint density at radius 2 is 1.77 bits per heavy atom. The van der Waals surface area contributed by atoms with Crippen molar-refractivity contribution in [3.8, 4) is 0 Å². The third-order valence-corrected chi connectivity index (χ3v) is 7.60. The van der Waals surface area contributed by atoms with Crippen molar-refractivity contribution in [1.29, 1.82) is 0 Å². The molecule has 1 saturated heterocycles. The molecule has 1 aromatic heterocycles. The van der Waals surface area contributed by atoms with Gasteiger partial charge in [-0.25, -0.2) is 28.0 Å². The number of amides is 2. The van der Waals surface area contributed by atoms with Crippen molar-refractivity contribution in [1.82, 2.24) is 9.97 Å². The lowest BCUT2D eigenvalue weighted by atomic mass is 9.71. The smallest absolute Gasteiger partial charge is 0.264 e. The minimum absolute atomic E-state index is 0.00681. The Labute approximate surface area is 183 Å². The van der Waals surface area contributed by atoms with Gasteiger partial charge in [-0.2, -0.15) is 0 Å². The van der Waals surface area contributed by atoms with Gasteiger partial charge in [0, 0.05) is 11.4 Å². The van der Waals surface area contributed by atoms with Crippen LogP contribution in [0, 0.1) is 24.2 Å². The van der Waals surface area contributed by atoms with Crippen LogP contribution < -0.4 is 9.62 Å². The Kier molecular flexibility index (Phi) is 5.92. The van der Waals surface area contributed by atoms with Crippen LogP contribution in [0.5, 0.6) is 0 Å². The summed E-state index contributed by atoms with van der Waals surface area (Å²) in [4.78, 5) is 35.4. The summed E-state index contributed by atoms with van der Waals surface area (Å²) in [6.07, 6.45) is 0.651. The van der Waals surface area contributed by atoms with Crippen LogP contribution in [-0.4, -0.2) is 30.2 Å². The highest BCUT2D eigenvalue weighted by atomic mass is 32.2. The van der Waals surface area contributed by atoms with Gasteiger partial charge in [0.2, 0.25) is 17.8 Å². The number of nitrogens with one attached hydrogen (secondary N) is 1. The van der Waals surface area contributed by atoms with Gasteiger partial charge in [-0.15, -0.1) is 0 Å². The van der Waals surface area contributed by atoms with E-state index in [4.69, 9.17) is 0 Å². The number of rotatable bonds is 6. The number of carbonyl (C=O) groups excluding carboxylic acids is 2. The molecule has 1 fully saturated rings. The van der Waals surface area contributed by atoms with Crippen LogP contribution in [0.3, 0.4) is 0 Å². The van der Waals surface area contributed by atoms with Crippen molar-refractivity contribution in [3.63, 3.8) is 0 Å². The number of imide groups is 1. The van der Waals surface area contributed by atoms with E-state index in [1.54, 1.807) is 26.8 Å². The number of aryl methyl sites for hydroxylation is 2. The van der Waals surface area contributed by atoms with E-state index in [1.165, 1.54) is 24.3 Å². The van der Waals surface area contributed by atoms with E-state index < -0.39 is 21.4 Å². The number of anilines is 2. The molecular weight excluding hydrogens is 416 g/mol. The van der Waals surface area contributed by atoms with Crippen molar-refractivity contribution in [2.75, 3.05) is 9.62 Å². The van der Waals surface area contributed by atoms with Gasteiger partial charge >= 0.3 is 0 Å². The lowest BCUT2D eigenvalue weighted by Crippen LogP contribution is -2.38. The maximum Gasteiger partial charge on any atom is 0.264 e. The van der Waals surface area contributed by atoms with Gasteiger partial charge in [0.1, 0.15) is 0 Å². The second-order valence-electron chi connectivity index (χ2n) is 8.42. The maximum absolute atomic E-state index is 13.1. The summed E-state index contributed by atoms with van der Waals surface area (Å²) in [7, 11) is -3.93. The molecule has 166 valence electrons. The van der Waals surface area contributed by atoms with E-state index in [0.29, 0.717) is 17.8 Å². The SMILES string of the molecule is CCc1cc(C)nc(NS(=O)(=O)c2ccc(N3C(=O)C(C)C(C)(C(C)C)C3=O)cc2)n1. The van der Waals surface area contributed by atoms with Gasteiger partial charge < -0.3 is 0 Å². The van der Waals surface area contributed by atoms with E-state index in [0.717, 1.165) is 10.6 Å². The average molecular weight is 445 g/mol. The first kappa shape index (κ1) is 22.9. The Morgan fingerprint density at radius 3 is 2.29 bits per heavy atom. The van der Waals surface area contributed by atoms with Crippen molar-refractivity contribution in [3.05, 3.63) is 41.7 Å². The average Bonchev–Trinajstić information content (AvgIpc) is 2.88. The van der Waals surface area contributed by atoms with Crippen LogP contribution in [0.15, 0.2) is 35.2 Å². The van der Waals surface area contributed by atoms with Crippen molar-refractivity contribution in [2.24, 2.45) is 17.3 Å². The van der Waals surface area contributed by atoms with Crippen LogP contribution >= 0.6 is 0 Å². The zero-order valence-electron chi connectivity index (χ0n) is 18.6. The maximum atomic E-state index is 13.1. The molecule has 8 nitrogen and oxygen atoms in total. The summed E-state index contributed by atoms with van der Waals surface area (Å²) in [6.45, 7) is 11.1. The number of benzene rings is 1. The largest absolute Gasteiger partial charge is 0.274 e. The van der Waals surface area contributed by atoms with Gasteiger partial charge in [0.05, 0.1) is 21.9 Å². The third kappa shape index (κ3) is 3.94. The molecule has 2 amide bonds. The van der Waals surface area contributed by atoms with Gasteiger partial charge in [0.25, 0.3) is 10.0 Å². The van der Waals surface area contributed by atoms with E-state index in [1.807, 2.05) is 20.8 Å². The molecule has 0 bridgehead atoms. The van der Waals surface area contributed by atoms with Gasteiger partial charge in [-0.3, -0.25) is 9.59 Å². The minimum Gasteiger partial charge on any atom is -0.274 e. The molecule has 2 unspecified atom stereocenters. The van der Waals surface area contributed by atoms with Crippen molar-refractivity contribution in [2.45, 2.75) is 52.9 Å². The molecule has 1 aliphatic heterocycles. The Balaban J connectivity index is 1.89. The highest BCUT2D eigenvalue weighted by Crippen LogP contribution is 2.45. The molecule has 2 heterocycles. The fourth-order valence-electron chi connectivity index (χ4n) is 3.78. The summed E-state index contributed by atoms with van der Waals surface area (Å²) in [5.41, 5.74) is 0.940. The fourth-order valence-corrected chi connectivity index (χ4v) is 4.73. The van der Waals surface area contributed by atoms with Gasteiger partial charge in [-0.1, -0.05) is 27.7 Å². The Bertz CT molecular complexity index is 1130. The number of nitrogens with zero attached hydrogens (tertiary/aromatic N) is 3. The quantitative estimate of drug-likeness (QED) is 0.685. The molecule has 2 aromatic rings. The number of aromatic nitrogens is 2. The predicted octanol–water partition coefficient (Wildman–Crippen LogP) is 3.32. The Hall–Kier alpha value is -2.81. The summed E-state index contributed by atoms with van der Waals surface area (Å²) >= 11 is 0. The number of hydrogen-bond acceptors (Lipinski definition) is 6. The van der Waals surface area contributed by atoms with E-state index in [2.05, 4.69) is 14.7 Å². The standard InChI is InChI=1S/C22H28N4O4S/c1-7-16-12-14(4)23-21(24-16)25-31(29,30)18-10-8-17(9-11-18)26-19(27)15(5)22(6,13(2)3)20(26)28/h8-13,15H,7H2,1-6H3,(H,23,24,25). The lowest BCUT2D eigenvalue weighted by Gasteiger charge is -2.29. The molecule has 1 aliphatic rings. The van der Waals surface area contributed by atoms with Crippen LogP contribution in [0.25, 0.3) is 0 Å². The second-order valence-corrected chi connectivity index (χ2v) is 10.1. The third-order valence-electron chi connectivity index (χ3n) is 6.25. The molecule has 31 heavy (non-hydrogen) atoms. The molecular formula is C22H28N4O4S. The molecule has 1 aromatic carbocycles. The first-order valence-electron chi connectivity index (χ1n) is 10.3. The summed E-state index contributed by atoms with van der Waals surface area (Å²) in [5, 5.41) is 0. The zero-order valence-corrected chi connectivity index (χ0v) is 19.4. The van der Waals surface area contributed by atoms with Crippen LogP contribution in [0.1, 0.15) is 46.0 Å². The predicted molar refractivity (Wildman–Crippen MR) is 118 cm³/mol. The zero-order chi connectivity index (χ0) is 23.1. The Morgan fingerprint density at radius 1 is 1.16 bits per heavy atom. The molecule has 0 radical (unpaired) electrons. The second kappa shape index (κ2) is 8.03. The molecule has 0 aliphatic carbocycles. The van der Waals surface area contributed by atoms with Crippen LogP contribution in [-0.2, 0) is 26.0 Å². The van der Waals surface area contributed by atoms with E-state index in [-0.39, 0.29) is 28.6 Å². The molecule has 0 saturated carbocycles. The first-order valence-corrected chi connectivity index (χ1v) is 11.8. The van der Waals surface area contributed by atoms with Gasteiger partial charge in [-0.05, 0) is 56.5 Å². The van der Waals surface area contributed by atoms with Crippen LogP contribution in [0.4, 0.5) is 11.6 Å². The molecule has 1 N–H and O–H groups in total. The summed E-state index contributed by atoms with van der Waals surface area (Å²) < 4.78 is 28.0. The molecule has 3 rings (SSSR count). The number of sulfonamides is 1. The topological polar surface area (TPSA) is 109 Å². The summed E-state index contributed by atoms with van der Waals surface area (Å²) in [6, 6.07) is 7.47. The molecule has 9 heteroatoms. The monoisotopic (exact) mass is 444 g/mol. The normalized spacial score (nSPS) is 21.8. The molecule has 2 atom stereocenters. The fraction of sp³-hybridized carbons (Fsp3) is 0.455. The highest BCUT2D eigenvalue weighted by Gasteiger charge is 2.56. The van der Waals surface area contributed by atoms with Gasteiger partial charge in [0.15, 0.2) is 0 Å². The van der Waals surface area contributed by atoms with Crippen LogP contribution in [0.2, 0.25) is 0 Å². The highest BCUT2D eigenvalue weighted by molar-refractivity contribution is 7.92. The number of hydrogen-bond donors (Lipinski definition) is 1. The molecule has 0 spiro atoms. The first-order chi connectivity index (χ1) is 14.4. The number of carbonyl (C=O) groups is 2. The van der Waals surface area contributed by atoms with Crippen molar-refractivity contribution >= 4 is 33.5 Å². The lowest BCUT2D eigenvalue weighted by molar-refractivity contribution is -0.128. The van der Waals surface area contributed by atoms with E-state index >= 15 is 0 Å². The summed E-state index contributed by atoms with van der Waals surface area (Å²) in [5.74, 6) is -1.03.